The SMILES string of the molecule is CC(C)(C)OC(=O)Nc1ccccc1NC(=O)c1ccc(C(C)(C)NCCN)cn1. The van der Waals surface area contributed by atoms with Crippen LogP contribution in [0.1, 0.15) is 50.7 Å². The highest BCUT2D eigenvalue weighted by atomic mass is 16.6. The lowest BCUT2D eigenvalue weighted by Gasteiger charge is -2.26. The molecule has 0 aliphatic carbocycles. The molecule has 0 aliphatic heterocycles. The summed E-state index contributed by atoms with van der Waals surface area (Å²) in [5.74, 6) is -0.382. The molecule has 2 aromatic rings. The van der Waals surface area contributed by atoms with E-state index in [0.29, 0.717) is 24.5 Å². The van der Waals surface area contributed by atoms with Crippen LogP contribution in [0, 0.1) is 0 Å². The van der Waals surface area contributed by atoms with Crippen LogP contribution in [0.5, 0.6) is 0 Å². The Hall–Kier alpha value is -2.97. The van der Waals surface area contributed by atoms with Crippen molar-refractivity contribution in [2.45, 2.75) is 45.8 Å². The molecule has 0 unspecified atom stereocenters. The molecule has 0 spiro atoms. The number of carbonyl (C=O) groups is 2. The number of hydrogen-bond acceptors (Lipinski definition) is 6. The molecule has 8 heteroatoms. The summed E-state index contributed by atoms with van der Waals surface area (Å²) in [4.78, 5) is 29.0. The Morgan fingerprint density at radius 3 is 2.17 bits per heavy atom. The van der Waals surface area contributed by atoms with E-state index in [2.05, 4.69) is 20.9 Å². The van der Waals surface area contributed by atoms with E-state index < -0.39 is 11.7 Å². The average Bonchev–Trinajstić information content (AvgIpc) is 2.66. The molecule has 2 amide bonds. The summed E-state index contributed by atoms with van der Waals surface area (Å²) < 4.78 is 5.27. The lowest BCUT2D eigenvalue weighted by molar-refractivity contribution is 0.0635. The minimum Gasteiger partial charge on any atom is -0.444 e. The first-order chi connectivity index (χ1) is 14.0. The number of anilines is 2. The van der Waals surface area contributed by atoms with Gasteiger partial charge in [-0.3, -0.25) is 15.1 Å². The van der Waals surface area contributed by atoms with Crippen LogP contribution < -0.4 is 21.7 Å². The van der Waals surface area contributed by atoms with Gasteiger partial charge in [-0.2, -0.15) is 0 Å². The van der Waals surface area contributed by atoms with Gasteiger partial charge in [0.05, 0.1) is 11.4 Å². The number of hydrogen-bond donors (Lipinski definition) is 4. The Balaban J connectivity index is 2.10. The van der Waals surface area contributed by atoms with Crippen LogP contribution in [0.3, 0.4) is 0 Å². The van der Waals surface area contributed by atoms with Gasteiger partial charge >= 0.3 is 6.09 Å². The number of benzene rings is 1. The maximum atomic E-state index is 12.7. The number of nitrogens with zero attached hydrogens (tertiary/aromatic N) is 1. The molecule has 0 radical (unpaired) electrons. The Morgan fingerprint density at radius 2 is 1.63 bits per heavy atom. The predicted octanol–water partition coefficient (Wildman–Crippen LogP) is 3.46. The zero-order chi connectivity index (χ0) is 22.4. The minimum atomic E-state index is -0.624. The highest BCUT2D eigenvalue weighted by molar-refractivity contribution is 6.05. The lowest BCUT2D eigenvalue weighted by Crippen LogP contribution is -2.39. The number of nitrogens with two attached hydrogens (primary N) is 1. The fourth-order valence-electron chi connectivity index (χ4n) is 2.69. The van der Waals surface area contributed by atoms with Gasteiger partial charge in [-0.25, -0.2) is 4.79 Å². The molecule has 162 valence electrons. The van der Waals surface area contributed by atoms with Gasteiger partial charge in [0.15, 0.2) is 0 Å². The fourth-order valence-corrected chi connectivity index (χ4v) is 2.69. The van der Waals surface area contributed by atoms with Gasteiger partial charge in [-0.15, -0.1) is 0 Å². The van der Waals surface area contributed by atoms with Crippen molar-refractivity contribution in [3.8, 4) is 0 Å². The average molecular weight is 414 g/mol. The monoisotopic (exact) mass is 413 g/mol. The number of nitrogens with one attached hydrogen (secondary N) is 3. The largest absolute Gasteiger partial charge is 0.444 e. The van der Waals surface area contributed by atoms with E-state index in [1.165, 1.54) is 0 Å². The summed E-state index contributed by atoms with van der Waals surface area (Å²) in [6.45, 7) is 10.6. The van der Waals surface area contributed by atoms with Crippen LogP contribution in [0.15, 0.2) is 42.6 Å². The van der Waals surface area contributed by atoms with Crippen LogP contribution in [-0.2, 0) is 10.3 Å². The third-order valence-corrected chi connectivity index (χ3v) is 4.24. The van der Waals surface area contributed by atoms with Gasteiger partial charge in [0, 0.05) is 24.8 Å². The van der Waals surface area contributed by atoms with Gasteiger partial charge in [0.25, 0.3) is 5.91 Å². The van der Waals surface area contributed by atoms with Gasteiger partial charge in [-0.1, -0.05) is 18.2 Å². The topological polar surface area (TPSA) is 118 Å². The van der Waals surface area contributed by atoms with Crippen molar-refractivity contribution < 1.29 is 14.3 Å². The smallest absolute Gasteiger partial charge is 0.412 e. The molecule has 0 saturated carbocycles. The lowest BCUT2D eigenvalue weighted by atomic mass is 9.95. The first-order valence-corrected chi connectivity index (χ1v) is 9.84. The van der Waals surface area contributed by atoms with E-state index in [0.717, 1.165) is 5.56 Å². The van der Waals surface area contributed by atoms with E-state index in [-0.39, 0.29) is 17.1 Å². The molecule has 5 N–H and O–H groups in total. The zero-order valence-corrected chi connectivity index (χ0v) is 18.2. The van der Waals surface area contributed by atoms with Gasteiger partial charge in [0.1, 0.15) is 11.3 Å². The molecular formula is C22H31N5O3. The minimum absolute atomic E-state index is 0.264. The van der Waals surface area contributed by atoms with Gasteiger partial charge in [-0.05, 0) is 58.4 Å². The molecule has 8 nitrogen and oxygen atoms in total. The van der Waals surface area contributed by atoms with Crippen molar-refractivity contribution in [3.05, 3.63) is 53.9 Å². The van der Waals surface area contributed by atoms with Crippen molar-refractivity contribution in [2.75, 3.05) is 23.7 Å². The predicted molar refractivity (Wildman–Crippen MR) is 119 cm³/mol. The Labute approximate surface area is 177 Å². The van der Waals surface area contributed by atoms with Crippen molar-refractivity contribution in [1.29, 1.82) is 0 Å². The zero-order valence-electron chi connectivity index (χ0n) is 18.2. The number of rotatable bonds is 7. The molecule has 0 atom stereocenters. The summed E-state index contributed by atoms with van der Waals surface area (Å²) in [7, 11) is 0. The first kappa shape index (κ1) is 23.3. The molecule has 0 bridgehead atoms. The summed E-state index contributed by atoms with van der Waals surface area (Å²) >= 11 is 0. The summed E-state index contributed by atoms with van der Waals surface area (Å²) in [5.41, 5.74) is 6.71. The Kier molecular flexibility index (Phi) is 7.53. The molecule has 1 aromatic heterocycles. The van der Waals surface area contributed by atoms with E-state index in [4.69, 9.17) is 10.5 Å². The highest BCUT2D eigenvalue weighted by Gasteiger charge is 2.21. The van der Waals surface area contributed by atoms with E-state index in [1.807, 2.05) is 19.9 Å². The third kappa shape index (κ3) is 6.82. The van der Waals surface area contributed by atoms with Crippen LogP contribution in [0.2, 0.25) is 0 Å². The number of aromatic nitrogens is 1. The second-order valence-corrected chi connectivity index (χ2v) is 8.40. The van der Waals surface area contributed by atoms with Gasteiger partial charge in [0.2, 0.25) is 0 Å². The van der Waals surface area contributed by atoms with Crippen molar-refractivity contribution in [3.63, 3.8) is 0 Å². The molecule has 1 heterocycles. The van der Waals surface area contributed by atoms with Crippen LogP contribution in [0.25, 0.3) is 0 Å². The van der Waals surface area contributed by atoms with Crippen molar-refractivity contribution in [1.82, 2.24) is 10.3 Å². The summed E-state index contributed by atoms with van der Waals surface area (Å²) in [5, 5.41) is 8.78. The molecule has 0 saturated heterocycles. The fraction of sp³-hybridized carbons (Fsp3) is 0.409. The maximum Gasteiger partial charge on any atom is 0.412 e. The molecule has 1 aromatic carbocycles. The Bertz CT molecular complexity index is 873. The number of ether oxygens (including phenoxy) is 1. The molecular weight excluding hydrogens is 382 g/mol. The standard InChI is InChI=1S/C22H31N5O3/c1-21(2,3)30-20(29)27-17-9-7-6-8-16(17)26-19(28)18-11-10-15(14-24-18)22(4,5)25-13-12-23/h6-11,14,25H,12-13,23H2,1-5H3,(H,26,28)(H,27,29). The number of amides is 2. The van der Waals surface area contributed by atoms with E-state index in [9.17, 15) is 9.59 Å². The van der Waals surface area contributed by atoms with E-state index in [1.54, 1.807) is 57.3 Å². The molecule has 30 heavy (non-hydrogen) atoms. The molecule has 0 aliphatic rings. The maximum absolute atomic E-state index is 12.7. The van der Waals surface area contributed by atoms with Gasteiger partial charge < -0.3 is 21.1 Å². The quantitative estimate of drug-likeness (QED) is 0.552. The van der Waals surface area contributed by atoms with Crippen molar-refractivity contribution in [2.24, 2.45) is 5.73 Å². The van der Waals surface area contributed by atoms with E-state index >= 15 is 0 Å². The summed E-state index contributed by atoms with van der Waals surface area (Å²) in [6, 6.07) is 10.4. The summed E-state index contributed by atoms with van der Waals surface area (Å²) in [6.07, 6.45) is 1.07. The second kappa shape index (κ2) is 9.69. The third-order valence-electron chi connectivity index (χ3n) is 4.24. The Morgan fingerprint density at radius 1 is 1.00 bits per heavy atom. The first-order valence-electron chi connectivity index (χ1n) is 9.84. The molecule has 2 rings (SSSR count). The van der Waals surface area contributed by atoms with Crippen molar-refractivity contribution >= 4 is 23.4 Å². The normalized spacial score (nSPS) is 11.7. The van der Waals surface area contributed by atoms with Crippen LogP contribution in [0.4, 0.5) is 16.2 Å². The van der Waals surface area contributed by atoms with Crippen LogP contribution in [-0.4, -0.2) is 35.7 Å². The number of carbonyl (C=O) groups excluding carboxylic acids is 2. The second-order valence-electron chi connectivity index (χ2n) is 8.40. The van der Waals surface area contributed by atoms with Crippen LogP contribution >= 0.6 is 0 Å². The molecule has 0 fully saturated rings. The number of para-hydroxylation sites is 2. The number of pyridine rings is 1. The highest BCUT2D eigenvalue weighted by Crippen LogP contribution is 2.23.